The number of likely N-dealkylation sites (tertiary alicyclic amines) is 1. The second-order valence-electron chi connectivity index (χ2n) is 6.31. The summed E-state index contributed by atoms with van der Waals surface area (Å²) in [5, 5.41) is 0. The van der Waals surface area contributed by atoms with Gasteiger partial charge in [-0.3, -0.25) is 4.90 Å². The zero-order valence-corrected chi connectivity index (χ0v) is 12.2. The number of aromatic nitrogens is 2. The minimum absolute atomic E-state index is 0.0592. The van der Waals surface area contributed by atoms with E-state index in [1.807, 2.05) is 18.7 Å². The molecule has 0 aliphatic carbocycles. The Labute approximate surface area is 125 Å². The van der Waals surface area contributed by atoms with E-state index in [1.54, 1.807) is 0 Å². The van der Waals surface area contributed by atoms with Crippen LogP contribution in [0.4, 0.5) is 0 Å². The molecular formula is C17H21N3O. The zero-order chi connectivity index (χ0) is 14.1. The van der Waals surface area contributed by atoms with Crippen LogP contribution in [0.25, 0.3) is 0 Å². The Morgan fingerprint density at radius 2 is 2.19 bits per heavy atom. The van der Waals surface area contributed by atoms with Crippen LogP contribution in [0.2, 0.25) is 0 Å². The zero-order valence-electron chi connectivity index (χ0n) is 12.2. The van der Waals surface area contributed by atoms with Crippen LogP contribution >= 0.6 is 0 Å². The van der Waals surface area contributed by atoms with E-state index >= 15 is 0 Å². The largest absolute Gasteiger partial charge is 0.371 e. The molecule has 1 aromatic heterocycles. The summed E-state index contributed by atoms with van der Waals surface area (Å²) in [5.41, 5.74) is 1.45. The summed E-state index contributed by atoms with van der Waals surface area (Å²) in [6.45, 7) is 4.02. The number of imidazole rings is 1. The van der Waals surface area contributed by atoms with Gasteiger partial charge in [-0.2, -0.15) is 0 Å². The van der Waals surface area contributed by atoms with Gasteiger partial charge in [-0.25, -0.2) is 4.98 Å². The van der Waals surface area contributed by atoms with Crippen LogP contribution < -0.4 is 0 Å². The van der Waals surface area contributed by atoms with Crippen LogP contribution in [-0.4, -0.2) is 39.7 Å². The molecular weight excluding hydrogens is 262 g/mol. The second kappa shape index (κ2) is 5.28. The highest BCUT2D eigenvalue weighted by Crippen LogP contribution is 2.40. The van der Waals surface area contributed by atoms with Crippen LogP contribution in [0.1, 0.15) is 24.4 Å². The maximum atomic E-state index is 6.22. The Kier molecular flexibility index (Phi) is 3.28. The van der Waals surface area contributed by atoms with E-state index < -0.39 is 0 Å². The smallest absolute Gasteiger partial charge is 0.0949 e. The number of hydrogen-bond donors (Lipinski definition) is 0. The average molecular weight is 283 g/mol. The first kappa shape index (κ1) is 13.0. The molecule has 2 unspecified atom stereocenters. The number of benzene rings is 1. The molecule has 4 heteroatoms. The van der Waals surface area contributed by atoms with Crippen molar-refractivity contribution >= 4 is 0 Å². The summed E-state index contributed by atoms with van der Waals surface area (Å²) in [6, 6.07) is 11.2. The van der Waals surface area contributed by atoms with Crippen LogP contribution in [0, 0.1) is 0 Å². The first-order valence-electron chi connectivity index (χ1n) is 7.71. The number of nitrogens with zero attached hydrogens (tertiary/aromatic N) is 3. The molecule has 2 atom stereocenters. The molecule has 0 saturated carbocycles. The Hall–Kier alpha value is -1.65. The minimum atomic E-state index is 0.0592. The monoisotopic (exact) mass is 283 g/mol. The number of rotatable bonds is 3. The summed E-state index contributed by atoms with van der Waals surface area (Å²) >= 11 is 0. The third-order valence-corrected chi connectivity index (χ3v) is 4.78. The Morgan fingerprint density at radius 1 is 1.29 bits per heavy atom. The fourth-order valence-electron chi connectivity index (χ4n) is 3.69. The molecule has 1 aromatic carbocycles. The third-order valence-electron chi connectivity index (χ3n) is 4.78. The van der Waals surface area contributed by atoms with Crippen molar-refractivity contribution in [2.75, 3.05) is 19.7 Å². The standard InChI is InChI=1S/C17H21N3O/c1-2-4-15(5-3-1)11-19-8-6-17(13-19)10-16(12-21-17)20-9-7-18-14-20/h1-5,7,9,14,16H,6,8,10-13H2. The van der Waals surface area contributed by atoms with E-state index in [1.165, 1.54) is 5.56 Å². The van der Waals surface area contributed by atoms with Crippen molar-refractivity contribution in [3.8, 4) is 0 Å². The normalized spacial score (nSPS) is 29.4. The van der Waals surface area contributed by atoms with Crippen molar-refractivity contribution in [3.05, 3.63) is 54.6 Å². The third kappa shape index (κ3) is 2.61. The maximum absolute atomic E-state index is 6.22. The van der Waals surface area contributed by atoms with Crippen molar-refractivity contribution in [1.29, 1.82) is 0 Å². The summed E-state index contributed by atoms with van der Waals surface area (Å²) in [6.07, 6.45) is 8.05. The van der Waals surface area contributed by atoms with Crippen molar-refractivity contribution in [3.63, 3.8) is 0 Å². The first-order valence-corrected chi connectivity index (χ1v) is 7.71. The highest BCUT2D eigenvalue weighted by molar-refractivity contribution is 5.15. The van der Waals surface area contributed by atoms with Gasteiger partial charge in [-0.05, 0) is 12.0 Å². The highest BCUT2D eigenvalue weighted by atomic mass is 16.5. The SMILES string of the molecule is c1ccc(CN2CCC3(CC(n4ccnc4)CO3)C2)cc1. The lowest BCUT2D eigenvalue weighted by Crippen LogP contribution is -2.32. The summed E-state index contributed by atoms with van der Waals surface area (Å²) < 4.78 is 8.40. The molecule has 2 saturated heterocycles. The summed E-state index contributed by atoms with van der Waals surface area (Å²) in [5.74, 6) is 0. The van der Waals surface area contributed by atoms with Crippen LogP contribution in [0.5, 0.6) is 0 Å². The average Bonchev–Trinajstić information content (AvgIpc) is 3.23. The highest BCUT2D eigenvalue weighted by Gasteiger charge is 2.45. The van der Waals surface area contributed by atoms with Crippen LogP contribution in [0.3, 0.4) is 0 Å². The van der Waals surface area contributed by atoms with Gasteiger partial charge < -0.3 is 9.30 Å². The van der Waals surface area contributed by atoms with Crippen molar-refractivity contribution in [1.82, 2.24) is 14.5 Å². The van der Waals surface area contributed by atoms with Gasteiger partial charge in [0.2, 0.25) is 0 Å². The molecule has 3 heterocycles. The molecule has 0 amide bonds. The molecule has 2 aliphatic rings. The van der Waals surface area contributed by atoms with Crippen LogP contribution in [0.15, 0.2) is 49.1 Å². The van der Waals surface area contributed by atoms with Gasteiger partial charge in [0.25, 0.3) is 0 Å². The minimum Gasteiger partial charge on any atom is -0.371 e. The lowest BCUT2D eigenvalue weighted by atomic mass is 9.97. The van der Waals surface area contributed by atoms with E-state index in [0.29, 0.717) is 6.04 Å². The van der Waals surface area contributed by atoms with Crippen LogP contribution in [-0.2, 0) is 11.3 Å². The van der Waals surface area contributed by atoms with E-state index in [0.717, 1.165) is 39.1 Å². The van der Waals surface area contributed by atoms with E-state index in [2.05, 4.69) is 44.8 Å². The molecule has 0 N–H and O–H groups in total. The quantitative estimate of drug-likeness (QED) is 0.867. The van der Waals surface area contributed by atoms with Gasteiger partial charge in [0.15, 0.2) is 0 Å². The first-order chi connectivity index (χ1) is 10.3. The molecule has 21 heavy (non-hydrogen) atoms. The van der Waals surface area contributed by atoms with Crippen molar-refractivity contribution < 1.29 is 4.74 Å². The fourth-order valence-corrected chi connectivity index (χ4v) is 3.69. The molecule has 4 nitrogen and oxygen atoms in total. The molecule has 1 spiro atoms. The number of hydrogen-bond acceptors (Lipinski definition) is 3. The van der Waals surface area contributed by atoms with Gasteiger partial charge in [0.05, 0.1) is 24.6 Å². The molecule has 2 fully saturated rings. The molecule has 4 rings (SSSR count). The van der Waals surface area contributed by atoms with Crippen molar-refractivity contribution in [2.24, 2.45) is 0 Å². The predicted molar refractivity (Wildman–Crippen MR) is 80.9 cm³/mol. The van der Waals surface area contributed by atoms with E-state index in [9.17, 15) is 0 Å². The molecule has 2 aromatic rings. The molecule has 110 valence electrons. The van der Waals surface area contributed by atoms with E-state index in [-0.39, 0.29) is 5.60 Å². The molecule has 0 radical (unpaired) electrons. The van der Waals surface area contributed by atoms with E-state index in [4.69, 9.17) is 4.74 Å². The van der Waals surface area contributed by atoms with Gasteiger partial charge in [0.1, 0.15) is 0 Å². The van der Waals surface area contributed by atoms with Crippen molar-refractivity contribution in [2.45, 2.75) is 31.0 Å². The van der Waals surface area contributed by atoms with Gasteiger partial charge in [-0.1, -0.05) is 30.3 Å². The maximum Gasteiger partial charge on any atom is 0.0949 e. The Morgan fingerprint density at radius 3 is 3.00 bits per heavy atom. The molecule has 0 bridgehead atoms. The lowest BCUT2D eigenvalue weighted by Gasteiger charge is -2.23. The summed E-state index contributed by atoms with van der Waals surface area (Å²) in [7, 11) is 0. The molecule has 2 aliphatic heterocycles. The van der Waals surface area contributed by atoms with Gasteiger partial charge in [0, 0.05) is 38.4 Å². The van der Waals surface area contributed by atoms with Gasteiger partial charge in [-0.15, -0.1) is 0 Å². The lowest BCUT2D eigenvalue weighted by molar-refractivity contribution is 0.0112. The van der Waals surface area contributed by atoms with Gasteiger partial charge >= 0.3 is 0 Å². The Balaban J connectivity index is 1.40. The summed E-state index contributed by atoms with van der Waals surface area (Å²) in [4.78, 5) is 6.67. The Bertz CT molecular complexity index is 583. The topological polar surface area (TPSA) is 30.3 Å². The fraction of sp³-hybridized carbons (Fsp3) is 0.471. The number of ether oxygens (including phenoxy) is 1. The predicted octanol–water partition coefficient (Wildman–Crippen LogP) is 2.49. The second-order valence-corrected chi connectivity index (χ2v) is 6.31.